The van der Waals surface area contributed by atoms with Gasteiger partial charge >= 0.3 is 0 Å². The topological polar surface area (TPSA) is 97.5 Å². The van der Waals surface area contributed by atoms with E-state index in [1.54, 1.807) is 0 Å². The van der Waals surface area contributed by atoms with Crippen molar-refractivity contribution in [2.24, 2.45) is 0 Å². The number of fused-ring (bicyclic) bond motifs is 1. The second-order valence-electron chi connectivity index (χ2n) is 2.33. The van der Waals surface area contributed by atoms with Gasteiger partial charge in [0.05, 0.1) is 5.39 Å². The van der Waals surface area contributed by atoms with Gasteiger partial charge in [-0.05, 0) is 0 Å². The number of nitrogens with two attached hydrogens (primary N) is 1. The quantitative estimate of drug-likeness (QED) is 0.510. The summed E-state index contributed by atoms with van der Waals surface area (Å²) >= 11 is 5.74. The zero-order valence-corrected chi connectivity index (χ0v) is 7.04. The molecule has 7 heteroatoms. The van der Waals surface area contributed by atoms with Crippen LogP contribution in [0.2, 0.25) is 5.15 Å². The van der Waals surface area contributed by atoms with Gasteiger partial charge in [0.25, 0.3) is 0 Å². The lowest BCUT2D eigenvalue weighted by molar-refractivity contribution is 0.112. The Morgan fingerprint density at radius 1 is 1.46 bits per heavy atom. The van der Waals surface area contributed by atoms with Crippen LogP contribution in [0.4, 0.5) is 5.95 Å². The summed E-state index contributed by atoms with van der Waals surface area (Å²) in [5, 5.41) is 6.73. The molecule has 2 heterocycles. The first-order chi connectivity index (χ1) is 6.22. The molecule has 0 radical (unpaired) electrons. The molecule has 0 spiro atoms. The van der Waals surface area contributed by atoms with E-state index >= 15 is 0 Å². The molecule has 2 aromatic heterocycles. The van der Waals surface area contributed by atoms with Gasteiger partial charge in [-0.3, -0.25) is 9.89 Å². The van der Waals surface area contributed by atoms with E-state index in [4.69, 9.17) is 17.3 Å². The number of rotatable bonds is 1. The van der Waals surface area contributed by atoms with Crippen molar-refractivity contribution in [3.63, 3.8) is 0 Å². The summed E-state index contributed by atoms with van der Waals surface area (Å²) in [6, 6.07) is 0. The minimum absolute atomic E-state index is 0.0291. The molecule has 66 valence electrons. The van der Waals surface area contributed by atoms with Crippen LogP contribution in [-0.4, -0.2) is 26.5 Å². The number of nitrogens with one attached hydrogen (secondary N) is 1. The number of H-pyrrole nitrogens is 1. The molecule has 0 saturated carbocycles. The van der Waals surface area contributed by atoms with Crippen molar-refractivity contribution in [1.29, 1.82) is 0 Å². The molecule has 2 rings (SSSR count). The Morgan fingerprint density at radius 3 is 2.92 bits per heavy atom. The molecule has 0 aliphatic rings. The maximum Gasteiger partial charge on any atom is 0.223 e. The third-order valence-corrected chi connectivity index (χ3v) is 1.81. The molecule has 0 amide bonds. The van der Waals surface area contributed by atoms with Gasteiger partial charge in [0.1, 0.15) is 10.8 Å². The molecule has 0 fully saturated rings. The van der Waals surface area contributed by atoms with Crippen LogP contribution in [0, 0.1) is 0 Å². The Bertz CT molecular complexity index is 479. The maximum absolute atomic E-state index is 10.5. The number of nitrogen functional groups attached to an aromatic ring is 1. The minimum Gasteiger partial charge on any atom is -0.368 e. The fourth-order valence-electron chi connectivity index (χ4n) is 1.00. The zero-order valence-electron chi connectivity index (χ0n) is 6.28. The fourth-order valence-corrected chi connectivity index (χ4v) is 1.28. The van der Waals surface area contributed by atoms with Crippen molar-refractivity contribution < 1.29 is 4.79 Å². The predicted molar refractivity (Wildman–Crippen MR) is 46.5 cm³/mol. The summed E-state index contributed by atoms with van der Waals surface area (Å²) < 4.78 is 0. The number of aromatic amines is 1. The van der Waals surface area contributed by atoms with Crippen molar-refractivity contribution in [2.45, 2.75) is 0 Å². The molecule has 0 aliphatic heterocycles. The molecule has 13 heavy (non-hydrogen) atoms. The molecule has 0 aromatic carbocycles. The minimum atomic E-state index is 0.0291. The number of aldehydes is 1. The van der Waals surface area contributed by atoms with E-state index in [0.29, 0.717) is 17.3 Å². The SMILES string of the molecule is Nc1nc(Cl)c2c(C=O)[nH]nc2n1. The highest BCUT2D eigenvalue weighted by molar-refractivity contribution is 6.34. The van der Waals surface area contributed by atoms with Crippen LogP contribution >= 0.6 is 11.6 Å². The smallest absolute Gasteiger partial charge is 0.223 e. The molecule has 0 unspecified atom stereocenters. The highest BCUT2D eigenvalue weighted by atomic mass is 35.5. The summed E-state index contributed by atoms with van der Waals surface area (Å²) in [7, 11) is 0. The fraction of sp³-hybridized carbons (Fsp3) is 0. The number of hydrogen-bond acceptors (Lipinski definition) is 5. The number of anilines is 1. The lowest BCUT2D eigenvalue weighted by Crippen LogP contribution is -1.95. The second kappa shape index (κ2) is 2.67. The Morgan fingerprint density at radius 2 is 2.23 bits per heavy atom. The first-order valence-electron chi connectivity index (χ1n) is 3.34. The van der Waals surface area contributed by atoms with Crippen LogP contribution in [0.25, 0.3) is 11.0 Å². The first-order valence-corrected chi connectivity index (χ1v) is 3.72. The zero-order chi connectivity index (χ0) is 9.42. The third-order valence-electron chi connectivity index (χ3n) is 1.53. The molecular formula is C6H4ClN5O. The van der Waals surface area contributed by atoms with E-state index < -0.39 is 0 Å². The van der Waals surface area contributed by atoms with E-state index in [1.165, 1.54) is 0 Å². The van der Waals surface area contributed by atoms with E-state index in [-0.39, 0.29) is 16.8 Å². The van der Waals surface area contributed by atoms with Gasteiger partial charge in [0.15, 0.2) is 11.9 Å². The lowest BCUT2D eigenvalue weighted by atomic mass is 10.3. The van der Waals surface area contributed by atoms with Crippen molar-refractivity contribution in [1.82, 2.24) is 20.2 Å². The van der Waals surface area contributed by atoms with Crippen LogP contribution in [0.1, 0.15) is 10.5 Å². The van der Waals surface area contributed by atoms with Gasteiger partial charge < -0.3 is 5.73 Å². The van der Waals surface area contributed by atoms with Crippen molar-refractivity contribution in [3.05, 3.63) is 10.8 Å². The van der Waals surface area contributed by atoms with E-state index in [1.807, 2.05) is 0 Å². The van der Waals surface area contributed by atoms with Gasteiger partial charge in [0, 0.05) is 0 Å². The Labute approximate surface area is 77.1 Å². The van der Waals surface area contributed by atoms with Gasteiger partial charge in [-0.25, -0.2) is 4.98 Å². The largest absolute Gasteiger partial charge is 0.368 e. The van der Waals surface area contributed by atoms with Crippen LogP contribution in [0.5, 0.6) is 0 Å². The molecule has 0 saturated heterocycles. The first kappa shape index (κ1) is 7.93. The number of halogens is 1. The summed E-state index contributed by atoms with van der Waals surface area (Å²) in [4.78, 5) is 18.0. The van der Waals surface area contributed by atoms with Crippen molar-refractivity contribution in [2.75, 3.05) is 5.73 Å². The molecule has 2 aromatic rings. The van der Waals surface area contributed by atoms with Crippen LogP contribution in [-0.2, 0) is 0 Å². The normalized spacial score (nSPS) is 10.5. The highest BCUT2D eigenvalue weighted by Crippen LogP contribution is 2.21. The molecule has 0 atom stereocenters. The highest BCUT2D eigenvalue weighted by Gasteiger charge is 2.11. The van der Waals surface area contributed by atoms with E-state index in [0.717, 1.165) is 0 Å². The van der Waals surface area contributed by atoms with Gasteiger partial charge in [-0.1, -0.05) is 11.6 Å². The average molecular weight is 198 g/mol. The van der Waals surface area contributed by atoms with Gasteiger partial charge in [-0.2, -0.15) is 10.1 Å². The number of carbonyl (C=O) groups is 1. The molecule has 6 nitrogen and oxygen atoms in total. The number of aromatic nitrogens is 4. The average Bonchev–Trinajstić information content (AvgIpc) is 2.47. The number of nitrogens with zero attached hydrogens (tertiary/aromatic N) is 3. The van der Waals surface area contributed by atoms with Gasteiger partial charge in [0.2, 0.25) is 5.95 Å². The third kappa shape index (κ3) is 1.11. The summed E-state index contributed by atoms with van der Waals surface area (Å²) in [5.74, 6) is 0.0291. The van der Waals surface area contributed by atoms with E-state index in [2.05, 4.69) is 20.2 Å². The van der Waals surface area contributed by atoms with Gasteiger partial charge in [-0.15, -0.1) is 0 Å². The van der Waals surface area contributed by atoms with Crippen LogP contribution < -0.4 is 5.73 Å². The summed E-state index contributed by atoms with van der Waals surface area (Å²) in [6.45, 7) is 0. The second-order valence-corrected chi connectivity index (χ2v) is 2.68. The van der Waals surface area contributed by atoms with Crippen LogP contribution in [0.3, 0.4) is 0 Å². The van der Waals surface area contributed by atoms with Crippen LogP contribution in [0.15, 0.2) is 0 Å². The summed E-state index contributed by atoms with van der Waals surface area (Å²) in [5.41, 5.74) is 5.87. The standard InChI is InChI=1S/C6H4ClN5O/c7-4-3-2(1-13)11-12-5(3)10-6(8)9-4/h1H,(H3,8,9,10,11,12). The maximum atomic E-state index is 10.5. The molecule has 0 bridgehead atoms. The molecular weight excluding hydrogens is 194 g/mol. The monoisotopic (exact) mass is 197 g/mol. The van der Waals surface area contributed by atoms with E-state index in [9.17, 15) is 4.79 Å². The van der Waals surface area contributed by atoms with Crippen molar-refractivity contribution >= 4 is 34.9 Å². The Balaban J connectivity index is 2.89. The molecule has 3 N–H and O–H groups in total. The Kier molecular flexibility index (Phi) is 1.63. The molecule has 0 aliphatic carbocycles. The number of carbonyl (C=O) groups excluding carboxylic acids is 1. The summed E-state index contributed by atoms with van der Waals surface area (Å²) in [6.07, 6.45) is 0.598. The Hall–Kier alpha value is -1.69. The predicted octanol–water partition coefficient (Wildman–Crippen LogP) is 0.401. The lowest BCUT2D eigenvalue weighted by Gasteiger charge is -1.93. The van der Waals surface area contributed by atoms with Crippen molar-refractivity contribution in [3.8, 4) is 0 Å². The number of hydrogen-bond donors (Lipinski definition) is 2.